The summed E-state index contributed by atoms with van der Waals surface area (Å²) in [5.74, 6) is 0.898. The minimum Gasteiger partial charge on any atom is -0.491 e. The molecule has 2 heterocycles. The molecule has 0 aliphatic carbocycles. The number of hydrogen-bond acceptors (Lipinski definition) is 4. The Balaban J connectivity index is 1.39. The third-order valence-electron chi connectivity index (χ3n) is 6.27. The number of carbonyl (C=O) groups excluding carboxylic acids is 2. The topological polar surface area (TPSA) is 55.8 Å². The second kappa shape index (κ2) is 9.54. The fourth-order valence-corrected chi connectivity index (χ4v) is 4.89. The lowest BCUT2D eigenvalue weighted by molar-refractivity contribution is 0.00472. The van der Waals surface area contributed by atoms with Crippen molar-refractivity contribution in [3.05, 3.63) is 65.7 Å². The van der Waals surface area contributed by atoms with Gasteiger partial charge in [-0.15, -0.1) is 0 Å². The largest absolute Gasteiger partial charge is 0.491 e. The second-order valence-electron chi connectivity index (χ2n) is 8.91. The molecule has 1 amide bonds. The van der Waals surface area contributed by atoms with Crippen molar-refractivity contribution in [1.82, 2.24) is 4.90 Å². The Kier molecular flexibility index (Phi) is 6.59. The van der Waals surface area contributed by atoms with Crippen LogP contribution in [0.25, 0.3) is 0 Å². The Hall–Kier alpha value is -2.82. The Morgan fingerprint density at radius 1 is 0.968 bits per heavy atom. The van der Waals surface area contributed by atoms with Crippen molar-refractivity contribution >= 4 is 11.9 Å². The van der Waals surface area contributed by atoms with E-state index in [1.54, 1.807) is 0 Å². The van der Waals surface area contributed by atoms with Crippen LogP contribution < -0.4 is 4.74 Å². The zero-order valence-corrected chi connectivity index (χ0v) is 18.3. The Bertz CT molecular complexity index is 879. The first kappa shape index (κ1) is 21.4. The molecule has 5 nitrogen and oxygen atoms in total. The number of fused-ring (bicyclic) bond motifs is 2. The molecule has 2 aromatic rings. The molecule has 2 unspecified atom stereocenters. The van der Waals surface area contributed by atoms with Gasteiger partial charge in [0.2, 0.25) is 0 Å². The van der Waals surface area contributed by atoms with E-state index >= 15 is 0 Å². The van der Waals surface area contributed by atoms with E-state index in [0.29, 0.717) is 12.8 Å². The maximum atomic E-state index is 13.2. The molecule has 2 atom stereocenters. The lowest BCUT2D eigenvalue weighted by Gasteiger charge is -2.47. The average Bonchev–Trinajstić information content (AvgIpc) is 2.77. The maximum Gasteiger partial charge on any atom is 0.410 e. The number of amides is 1. The number of benzene rings is 2. The summed E-state index contributed by atoms with van der Waals surface area (Å²) >= 11 is 0. The molecule has 0 saturated carbocycles. The molecule has 164 valence electrons. The maximum absolute atomic E-state index is 13.2. The highest BCUT2D eigenvalue weighted by molar-refractivity contribution is 5.98. The summed E-state index contributed by atoms with van der Waals surface area (Å²) in [7, 11) is 0. The number of nitrogens with zero attached hydrogens (tertiary/aromatic N) is 1. The van der Waals surface area contributed by atoms with Crippen LogP contribution in [-0.2, 0) is 11.3 Å². The first-order valence-corrected chi connectivity index (χ1v) is 11.3. The van der Waals surface area contributed by atoms with Crippen molar-refractivity contribution in [2.45, 2.75) is 70.7 Å². The van der Waals surface area contributed by atoms with E-state index in [4.69, 9.17) is 9.47 Å². The predicted molar refractivity (Wildman–Crippen MR) is 119 cm³/mol. The molecule has 0 aromatic heterocycles. The first-order valence-electron chi connectivity index (χ1n) is 11.3. The van der Waals surface area contributed by atoms with E-state index < -0.39 is 0 Å². The van der Waals surface area contributed by atoms with Gasteiger partial charge in [-0.3, -0.25) is 4.79 Å². The number of Topliss-reactive ketones (excluding diaryl/α,β-unsaturated/α-hetero) is 1. The summed E-state index contributed by atoms with van der Waals surface area (Å²) in [6, 6.07) is 17.3. The number of piperidine rings is 2. The summed E-state index contributed by atoms with van der Waals surface area (Å²) in [5.41, 5.74) is 1.70. The number of ketones is 1. The third kappa shape index (κ3) is 5.09. The van der Waals surface area contributed by atoms with Crippen molar-refractivity contribution in [3.63, 3.8) is 0 Å². The molecular formula is C26H31NO4. The Morgan fingerprint density at radius 3 is 2.23 bits per heavy atom. The summed E-state index contributed by atoms with van der Waals surface area (Å²) in [6.07, 6.45) is 4.23. The molecule has 2 fully saturated rings. The van der Waals surface area contributed by atoms with Crippen LogP contribution in [0, 0.1) is 5.92 Å². The number of ether oxygens (including phenoxy) is 2. The summed E-state index contributed by atoms with van der Waals surface area (Å²) in [5, 5.41) is 0. The highest BCUT2D eigenvalue weighted by Crippen LogP contribution is 2.39. The third-order valence-corrected chi connectivity index (χ3v) is 6.27. The van der Waals surface area contributed by atoms with Crippen LogP contribution in [0.2, 0.25) is 0 Å². The molecule has 2 aliphatic rings. The Labute approximate surface area is 184 Å². The van der Waals surface area contributed by atoms with Crippen molar-refractivity contribution < 1.29 is 19.1 Å². The molecule has 5 heteroatoms. The zero-order valence-electron chi connectivity index (χ0n) is 18.3. The van der Waals surface area contributed by atoms with E-state index in [1.807, 2.05) is 73.3 Å². The van der Waals surface area contributed by atoms with Crippen molar-refractivity contribution in [3.8, 4) is 5.75 Å². The van der Waals surface area contributed by atoms with Crippen LogP contribution in [0.5, 0.6) is 5.75 Å². The minimum atomic E-state index is -0.250. The standard InChI is InChI=1S/C26H31NO4/c1-18(2)31-24-13-11-20(12-14-24)25(28)21-15-22-9-6-10-23(16-21)27(22)26(29)30-17-19-7-4-3-5-8-19/h3-5,7-8,11-14,18,21-23H,6,9-10,15-17H2,1-2H3. The number of hydrogen-bond donors (Lipinski definition) is 0. The number of carbonyl (C=O) groups is 2. The SMILES string of the molecule is CC(C)Oc1ccc(C(=O)C2CC3CCCC(C2)N3C(=O)OCc2ccccc2)cc1. The van der Waals surface area contributed by atoms with Gasteiger partial charge in [-0.05, 0) is 75.8 Å². The molecule has 2 saturated heterocycles. The van der Waals surface area contributed by atoms with Gasteiger partial charge < -0.3 is 14.4 Å². The molecule has 2 aromatic carbocycles. The summed E-state index contributed by atoms with van der Waals surface area (Å²) in [6.45, 7) is 4.25. The van der Waals surface area contributed by atoms with Crippen molar-refractivity contribution in [2.75, 3.05) is 0 Å². The molecule has 2 bridgehead atoms. The normalized spacial score (nSPS) is 22.8. The van der Waals surface area contributed by atoms with Crippen LogP contribution in [0.1, 0.15) is 61.9 Å². The van der Waals surface area contributed by atoms with E-state index in [-0.39, 0.29) is 42.6 Å². The predicted octanol–water partition coefficient (Wildman–Crippen LogP) is 5.63. The van der Waals surface area contributed by atoms with Gasteiger partial charge in [0.1, 0.15) is 12.4 Å². The van der Waals surface area contributed by atoms with E-state index in [0.717, 1.165) is 36.1 Å². The van der Waals surface area contributed by atoms with Gasteiger partial charge in [0.15, 0.2) is 5.78 Å². The van der Waals surface area contributed by atoms with Gasteiger partial charge in [-0.1, -0.05) is 30.3 Å². The quantitative estimate of drug-likeness (QED) is 0.568. The molecule has 0 radical (unpaired) electrons. The van der Waals surface area contributed by atoms with Crippen LogP contribution in [-0.4, -0.2) is 35.0 Å². The average molecular weight is 422 g/mol. The van der Waals surface area contributed by atoms with E-state index in [1.165, 1.54) is 0 Å². The second-order valence-corrected chi connectivity index (χ2v) is 8.91. The van der Waals surface area contributed by atoms with Gasteiger partial charge in [0, 0.05) is 23.6 Å². The molecule has 4 rings (SSSR count). The lowest BCUT2D eigenvalue weighted by Crippen LogP contribution is -2.55. The highest BCUT2D eigenvalue weighted by Gasteiger charge is 2.43. The summed E-state index contributed by atoms with van der Waals surface area (Å²) < 4.78 is 11.3. The van der Waals surface area contributed by atoms with Gasteiger partial charge in [-0.2, -0.15) is 0 Å². The monoisotopic (exact) mass is 421 g/mol. The fourth-order valence-electron chi connectivity index (χ4n) is 4.89. The molecule has 2 aliphatic heterocycles. The van der Waals surface area contributed by atoms with Gasteiger partial charge >= 0.3 is 6.09 Å². The van der Waals surface area contributed by atoms with Crippen molar-refractivity contribution in [1.29, 1.82) is 0 Å². The van der Waals surface area contributed by atoms with Crippen LogP contribution in [0.4, 0.5) is 4.79 Å². The zero-order chi connectivity index (χ0) is 21.8. The van der Waals surface area contributed by atoms with E-state index in [2.05, 4.69) is 0 Å². The minimum absolute atomic E-state index is 0.0506. The van der Waals surface area contributed by atoms with Crippen LogP contribution in [0.3, 0.4) is 0 Å². The number of rotatable bonds is 6. The van der Waals surface area contributed by atoms with Gasteiger partial charge in [0.05, 0.1) is 6.10 Å². The molecular weight excluding hydrogens is 390 g/mol. The first-order chi connectivity index (χ1) is 15.0. The van der Waals surface area contributed by atoms with E-state index in [9.17, 15) is 9.59 Å². The van der Waals surface area contributed by atoms with Gasteiger partial charge in [-0.25, -0.2) is 4.79 Å². The lowest BCUT2D eigenvalue weighted by atomic mass is 9.76. The Morgan fingerprint density at radius 2 is 1.61 bits per heavy atom. The molecule has 0 spiro atoms. The van der Waals surface area contributed by atoms with Gasteiger partial charge in [0.25, 0.3) is 0 Å². The molecule has 31 heavy (non-hydrogen) atoms. The summed E-state index contributed by atoms with van der Waals surface area (Å²) in [4.78, 5) is 28.0. The van der Waals surface area contributed by atoms with Crippen LogP contribution in [0.15, 0.2) is 54.6 Å². The smallest absolute Gasteiger partial charge is 0.410 e. The van der Waals surface area contributed by atoms with Crippen LogP contribution >= 0.6 is 0 Å². The van der Waals surface area contributed by atoms with Crippen molar-refractivity contribution in [2.24, 2.45) is 5.92 Å². The fraction of sp³-hybridized carbons (Fsp3) is 0.462. The highest BCUT2D eigenvalue weighted by atomic mass is 16.6. The molecule has 0 N–H and O–H groups in total.